The Bertz CT molecular complexity index is 310. The first-order valence-electron chi connectivity index (χ1n) is 3.49. The Labute approximate surface area is 103 Å². The lowest BCUT2D eigenvalue weighted by Crippen LogP contribution is -2.42. The van der Waals surface area contributed by atoms with Crippen LogP contribution in [0.5, 0.6) is 0 Å². The maximum atomic E-state index is 10.9. The number of carboxylic acids is 1. The molecule has 7 nitrogen and oxygen atoms in total. The fourth-order valence-electron chi connectivity index (χ4n) is 0.474. The standard InChI is InChI=1S/C6H5Cl3O7/c7-6(8,9)5(15)16-4(14)2(11)1(10)3(12)13/h1-2,10-11H,(H,12,13). The summed E-state index contributed by atoms with van der Waals surface area (Å²) in [6.45, 7) is 0. The monoisotopic (exact) mass is 294 g/mol. The number of esters is 2. The van der Waals surface area contributed by atoms with Crippen LogP contribution in [0, 0.1) is 0 Å². The van der Waals surface area contributed by atoms with E-state index in [1.54, 1.807) is 0 Å². The Morgan fingerprint density at radius 2 is 1.50 bits per heavy atom. The van der Waals surface area contributed by atoms with Gasteiger partial charge in [0, 0.05) is 0 Å². The molecule has 0 rings (SSSR count). The van der Waals surface area contributed by atoms with Crippen LogP contribution in [0.1, 0.15) is 0 Å². The SMILES string of the molecule is O=C(O)C(O)C(O)C(=O)OC(=O)C(Cl)(Cl)Cl. The number of hydrogen-bond acceptors (Lipinski definition) is 6. The number of aliphatic hydroxyl groups excluding tert-OH is 2. The van der Waals surface area contributed by atoms with Gasteiger partial charge < -0.3 is 20.1 Å². The van der Waals surface area contributed by atoms with Crippen LogP contribution in [-0.4, -0.2) is 49.2 Å². The van der Waals surface area contributed by atoms with Crippen LogP contribution in [0.15, 0.2) is 0 Å². The van der Waals surface area contributed by atoms with Crippen molar-refractivity contribution in [3.05, 3.63) is 0 Å². The van der Waals surface area contributed by atoms with Crippen molar-refractivity contribution in [3.63, 3.8) is 0 Å². The molecule has 0 aliphatic carbocycles. The van der Waals surface area contributed by atoms with Crippen molar-refractivity contribution in [1.82, 2.24) is 0 Å². The van der Waals surface area contributed by atoms with E-state index < -0.39 is 33.9 Å². The van der Waals surface area contributed by atoms with E-state index in [9.17, 15) is 14.4 Å². The molecule has 10 heteroatoms. The van der Waals surface area contributed by atoms with Gasteiger partial charge in [-0.3, -0.25) is 0 Å². The predicted molar refractivity (Wildman–Crippen MR) is 51.0 cm³/mol. The summed E-state index contributed by atoms with van der Waals surface area (Å²) in [7, 11) is 0. The highest BCUT2D eigenvalue weighted by Crippen LogP contribution is 2.27. The van der Waals surface area contributed by atoms with E-state index in [0.717, 1.165) is 0 Å². The predicted octanol–water partition coefficient (Wildman–Crippen LogP) is -0.767. The van der Waals surface area contributed by atoms with E-state index in [1.165, 1.54) is 0 Å². The zero-order valence-electron chi connectivity index (χ0n) is 7.26. The summed E-state index contributed by atoms with van der Waals surface area (Å²) in [6, 6.07) is 0. The molecule has 0 aliphatic heterocycles. The van der Waals surface area contributed by atoms with Crippen molar-refractivity contribution in [2.24, 2.45) is 0 Å². The normalized spacial score (nSPS) is 15.1. The van der Waals surface area contributed by atoms with Gasteiger partial charge in [0.2, 0.25) is 0 Å². The summed E-state index contributed by atoms with van der Waals surface area (Å²) in [6.07, 6.45) is -4.91. The highest BCUT2D eigenvalue weighted by Gasteiger charge is 2.39. The molecule has 0 aromatic heterocycles. The number of aliphatic carboxylic acids is 1. The number of carbonyl (C=O) groups is 3. The number of ether oxygens (including phenoxy) is 1. The van der Waals surface area contributed by atoms with Crippen LogP contribution in [0.4, 0.5) is 0 Å². The number of hydrogen-bond donors (Lipinski definition) is 3. The topological polar surface area (TPSA) is 121 Å². The average molecular weight is 295 g/mol. The van der Waals surface area contributed by atoms with Gasteiger partial charge in [0.1, 0.15) is 0 Å². The number of halogens is 3. The molecule has 0 saturated heterocycles. The van der Waals surface area contributed by atoms with Crippen LogP contribution >= 0.6 is 34.8 Å². The molecule has 3 N–H and O–H groups in total. The van der Waals surface area contributed by atoms with Gasteiger partial charge in [-0.2, -0.15) is 0 Å². The zero-order valence-corrected chi connectivity index (χ0v) is 9.53. The first kappa shape index (κ1) is 15.4. The van der Waals surface area contributed by atoms with Gasteiger partial charge in [0.25, 0.3) is 3.79 Å². The number of aliphatic hydroxyl groups is 2. The van der Waals surface area contributed by atoms with Gasteiger partial charge in [-0.25, -0.2) is 14.4 Å². The van der Waals surface area contributed by atoms with Crippen LogP contribution < -0.4 is 0 Å². The minimum atomic E-state index is -2.55. The molecule has 0 aromatic rings. The average Bonchev–Trinajstić information content (AvgIpc) is 2.13. The van der Waals surface area contributed by atoms with Gasteiger partial charge in [-0.1, -0.05) is 34.8 Å². The fourth-order valence-corrected chi connectivity index (χ4v) is 0.589. The molecule has 0 radical (unpaired) electrons. The largest absolute Gasteiger partial charge is 0.479 e. The van der Waals surface area contributed by atoms with Crippen molar-refractivity contribution in [1.29, 1.82) is 0 Å². The number of rotatable bonds is 3. The molecule has 2 atom stereocenters. The summed E-state index contributed by atoms with van der Waals surface area (Å²) in [4.78, 5) is 31.8. The highest BCUT2D eigenvalue weighted by atomic mass is 35.6. The van der Waals surface area contributed by atoms with Crippen LogP contribution in [0.3, 0.4) is 0 Å². The molecule has 0 bridgehead atoms. The van der Waals surface area contributed by atoms with Gasteiger partial charge in [-0.05, 0) is 0 Å². The van der Waals surface area contributed by atoms with Crippen molar-refractivity contribution >= 4 is 52.7 Å². The third-order valence-corrected chi connectivity index (χ3v) is 1.68. The first-order valence-corrected chi connectivity index (χ1v) is 4.62. The minimum absolute atomic E-state index is 1.63. The molecule has 0 saturated carbocycles. The zero-order chi connectivity index (χ0) is 13.1. The lowest BCUT2D eigenvalue weighted by atomic mass is 10.2. The number of carboxylic acid groups (broad SMARTS) is 1. The van der Waals surface area contributed by atoms with Crippen LogP contribution in [0.25, 0.3) is 0 Å². The Morgan fingerprint density at radius 1 is 1.06 bits per heavy atom. The second kappa shape index (κ2) is 5.65. The van der Waals surface area contributed by atoms with Crippen molar-refractivity contribution in [3.8, 4) is 0 Å². The lowest BCUT2D eigenvalue weighted by molar-refractivity contribution is -0.175. The summed E-state index contributed by atoms with van der Waals surface area (Å²) < 4.78 is 1.25. The smallest absolute Gasteiger partial charge is 0.366 e. The molecular formula is C6H5Cl3O7. The van der Waals surface area contributed by atoms with Crippen molar-refractivity contribution in [2.75, 3.05) is 0 Å². The molecule has 0 fully saturated rings. The molecule has 0 aromatic carbocycles. The molecular weight excluding hydrogens is 290 g/mol. The first-order chi connectivity index (χ1) is 7.07. The third-order valence-electron chi connectivity index (χ3n) is 1.22. The van der Waals surface area contributed by atoms with E-state index in [4.69, 9.17) is 50.1 Å². The lowest BCUT2D eigenvalue weighted by Gasteiger charge is -2.14. The van der Waals surface area contributed by atoms with Crippen molar-refractivity contribution < 1.29 is 34.4 Å². The second-order valence-corrected chi connectivity index (χ2v) is 4.72. The van der Waals surface area contributed by atoms with Crippen molar-refractivity contribution in [2.45, 2.75) is 16.0 Å². The maximum absolute atomic E-state index is 10.9. The molecule has 92 valence electrons. The Balaban J connectivity index is 4.49. The Kier molecular flexibility index (Phi) is 5.43. The van der Waals surface area contributed by atoms with E-state index >= 15 is 0 Å². The maximum Gasteiger partial charge on any atom is 0.366 e. The molecule has 2 unspecified atom stereocenters. The Morgan fingerprint density at radius 3 is 1.81 bits per heavy atom. The quantitative estimate of drug-likeness (QED) is 0.355. The molecule has 16 heavy (non-hydrogen) atoms. The van der Waals surface area contributed by atoms with E-state index in [1.807, 2.05) is 0 Å². The molecule has 0 amide bonds. The Hall–Kier alpha value is -0.600. The fraction of sp³-hybridized carbons (Fsp3) is 0.500. The summed E-state index contributed by atoms with van der Waals surface area (Å²) in [5.74, 6) is -5.25. The summed E-state index contributed by atoms with van der Waals surface area (Å²) >= 11 is 15.1. The third kappa shape index (κ3) is 4.50. The number of carbonyl (C=O) groups excluding carboxylic acids is 2. The van der Waals surface area contributed by atoms with Gasteiger partial charge in [-0.15, -0.1) is 0 Å². The number of alkyl halides is 3. The van der Waals surface area contributed by atoms with Gasteiger partial charge in [0.05, 0.1) is 0 Å². The molecule has 0 spiro atoms. The van der Waals surface area contributed by atoms with E-state index in [-0.39, 0.29) is 0 Å². The van der Waals surface area contributed by atoms with Crippen LogP contribution in [-0.2, 0) is 19.1 Å². The molecule has 0 heterocycles. The van der Waals surface area contributed by atoms with E-state index in [2.05, 4.69) is 4.74 Å². The van der Waals surface area contributed by atoms with Crippen LogP contribution in [0.2, 0.25) is 0 Å². The molecule has 0 aliphatic rings. The second-order valence-electron chi connectivity index (χ2n) is 2.43. The minimum Gasteiger partial charge on any atom is -0.479 e. The van der Waals surface area contributed by atoms with Gasteiger partial charge >= 0.3 is 17.9 Å². The highest BCUT2D eigenvalue weighted by molar-refractivity contribution is 6.75. The van der Waals surface area contributed by atoms with Gasteiger partial charge in [0.15, 0.2) is 12.2 Å². The van der Waals surface area contributed by atoms with E-state index in [0.29, 0.717) is 0 Å². The summed E-state index contributed by atoms with van der Waals surface area (Å²) in [5, 5.41) is 25.8. The summed E-state index contributed by atoms with van der Waals surface area (Å²) in [5.41, 5.74) is 0.